The summed E-state index contributed by atoms with van der Waals surface area (Å²) >= 11 is 0. The van der Waals surface area contributed by atoms with E-state index in [2.05, 4.69) is 17.2 Å². The van der Waals surface area contributed by atoms with Crippen LogP contribution in [0.1, 0.15) is 18.9 Å². The molecule has 5 heteroatoms. The van der Waals surface area contributed by atoms with Crippen LogP contribution in [0.2, 0.25) is 0 Å². The van der Waals surface area contributed by atoms with Crippen molar-refractivity contribution >= 4 is 11.6 Å². The first-order chi connectivity index (χ1) is 9.61. The van der Waals surface area contributed by atoms with Gasteiger partial charge in [-0.05, 0) is 31.5 Å². The summed E-state index contributed by atoms with van der Waals surface area (Å²) in [4.78, 5) is 12.2. The minimum Gasteiger partial charge on any atom is -0.378 e. The third kappa shape index (κ3) is 3.35. The number of amides is 1. The fourth-order valence-corrected chi connectivity index (χ4v) is 2.18. The highest BCUT2D eigenvalue weighted by molar-refractivity contribution is 5.94. The molecule has 0 spiro atoms. The summed E-state index contributed by atoms with van der Waals surface area (Å²) in [6.45, 7) is 2.64. The second kappa shape index (κ2) is 6.51. The van der Waals surface area contributed by atoms with Crippen molar-refractivity contribution in [1.29, 1.82) is 0 Å². The molecule has 106 valence electrons. The number of carbonyl (C=O) groups is 1. The van der Waals surface area contributed by atoms with E-state index in [0.717, 1.165) is 0 Å². The standard InChI is InChI=1S/C15H17FN2O2/c1-10-13(6-8-20-10)15(19)18-14-5-4-12(16)9-11(14)3-2-7-17/h4-5,9-10,13H,6-8,17H2,1H3,(H,18,19). The average Bonchev–Trinajstić information content (AvgIpc) is 2.85. The van der Waals surface area contributed by atoms with Gasteiger partial charge in [0.2, 0.25) is 5.91 Å². The number of nitrogens with one attached hydrogen (secondary N) is 1. The Labute approximate surface area is 117 Å². The van der Waals surface area contributed by atoms with Gasteiger partial charge in [0.05, 0.1) is 29.8 Å². The van der Waals surface area contributed by atoms with Crippen molar-refractivity contribution in [3.05, 3.63) is 29.6 Å². The SMILES string of the molecule is CC1OCCC1C(=O)Nc1ccc(F)cc1C#CCN. The molecule has 0 radical (unpaired) electrons. The first-order valence-electron chi connectivity index (χ1n) is 6.52. The molecule has 0 aliphatic carbocycles. The van der Waals surface area contributed by atoms with Crippen molar-refractivity contribution in [3.8, 4) is 11.8 Å². The number of halogens is 1. The lowest BCUT2D eigenvalue weighted by Crippen LogP contribution is -2.28. The monoisotopic (exact) mass is 276 g/mol. The molecule has 1 aliphatic rings. The zero-order valence-corrected chi connectivity index (χ0v) is 11.3. The van der Waals surface area contributed by atoms with Crippen molar-refractivity contribution < 1.29 is 13.9 Å². The predicted octanol–water partition coefficient (Wildman–Crippen LogP) is 1.50. The van der Waals surface area contributed by atoms with Crippen LogP contribution >= 0.6 is 0 Å². The number of carbonyl (C=O) groups excluding carboxylic acids is 1. The van der Waals surface area contributed by atoms with Crippen molar-refractivity contribution in [2.24, 2.45) is 11.7 Å². The van der Waals surface area contributed by atoms with Gasteiger partial charge < -0.3 is 15.8 Å². The van der Waals surface area contributed by atoms with Crippen LogP contribution in [0.4, 0.5) is 10.1 Å². The summed E-state index contributed by atoms with van der Waals surface area (Å²) in [6.07, 6.45) is 0.590. The molecule has 0 bridgehead atoms. The zero-order chi connectivity index (χ0) is 14.5. The van der Waals surface area contributed by atoms with Gasteiger partial charge in [0.15, 0.2) is 0 Å². The fraction of sp³-hybridized carbons (Fsp3) is 0.400. The number of ether oxygens (including phenoxy) is 1. The highest BCUT2D eigenvalue weighted by Crippen LogP contribution is 2.23. The Hall–Kier alpha value is -1.90. The fourth-order valence-electron chi connectivity index (χ4n) is 2.18. The van der Waals surface area contributed by atoms with Gasteiger partial charge in [0, 0.05) is 6.61 Å². The lowest BCUT2D eigenvalue weighted by Gasteiger charge is -2.15. The van der Waals surface area contributed by atoms with Gasteiger partial charge in [-0.3, -0.25) is 4.79 Å². The van der Waals surface area contributed by atoms with E-state index in [9.17, 15) is 9.18 Å². The van der Waals surface area contributed by atoms with E-state index in [-0.39, 0.29) is 24.5 Å². The van der Waals surface area contributed by atoms with Gasteiger partial charge in [0.1, 0.15) is 5.82 Å². The van der Waals surface area contributed by atoms with Crippen LogP contribution in [0.5, 0.6) is 0 Å². The van der Waals surface area contributed by atoms with Gasteiger partial charge in [0.25, 0.3) is 0 Å². The molecule has 1 heterocycles. The molecule has 2 rings (SSSR count). The second-order valence-electron chi connectivity index (χ2n) is 4.66. The molecule has 1 aromatic carbocycles. The maximum atomic E-state index is 13.2. The lowest BCUT2D eigenvalue weighted by molar-refractivity contribution is -0.121. The van der Waals surface area contributed by atoms with Crippen LogP contribution in [0, 0.1) is 23.6 Å². The molecule has 3 N–H and O–H groups in total. The first-order valence-corrected chi connectivity index (χ1v) is 6.52. The van der Waals surface area contributed by atoms with Crippen LogP contribution in [0.15, 0.2) is 18.2 Å². The average molecular weight is 276 g/mol. The molecule has 20 heavy (non-hydrogen) atoms. The molecule has 1 saturated heterocycles. The van der Waals surface area contributed by atoms with Gasteiger partial charge in [-0.25, -0.2) is 4.39 Å². The normalized spacial score (nSPS) is 21.1. The Balaban J connectivity index is 2.18. The summed E-state index contributed by atoms with van der Waals surface area (Å²) in [5.41, 5.74) is 6.24. The molecule has 2 unspecified atom stereocenters. The zero-order valence-electron chi connectivity index (χ0n) is 11.3. The van der Waals surface area contributed by atoms with Crippen molar-refractivity contribution in [1.82, 2.24) is 0 Å². The van der Waals surface area contributed by atoms with Crippen LogP contribution < -0.4 is 11.1 Å². The summed E-state index contributed by atoms with van der Waals surface area (Å²) < 4.78 is 18.6. The minimum atomic E-state index is -0.401. The second-order valence-corrected chi connectivity index (χ2v) is 4.66. The lowest BCUT2D eigenvalue weighted by atomic mass is 10.0. The number of rotatable bonds is 2. The Kier molecular flexibility index (Phi) is 4.72. The van der Waals surface area contributed by atoms with E-state index in [0.29, 0.717) is 24.3 Å². The molecule has 1 aromatic rings. The molecule has 2 atom stereocenters. The number of benzene rings is 1. The molecule has 4 nitrogen and oxygen atoms in total. The molecular formula is C15H17FN2O2. The summed E-state index contributed by atoms with van der Waals surface area (Å²) in [5, 5.41) is 2.79. The summed E-state index contributed by atoms with van der Waals surface area (Å²) in [5.74, 6) is 4.71. The molecule has 0 saturated carbocycles. The quantitative estimate of drug-likeness (QED) is 0.805. The van der Waals surface area contributed by atoms with Crippen LogP contribution in [-0.2, 0) is 9.53 Å². The van der Waals surface area contributed by atoms with E-state index in [1.165, 1.54) is 18.2 Å². The topological polar surface area (TPSA) is 64.3 Å². The Morgan fingerprint density at radius 1 is 1.60 bits per heavy atom. The van der Waals surface area contributed by atoms with Crippen LogP contribution in [0.3, 0.4) is 0 Å². The Morgan fingerprint density at radius 3 is 3.05 bits per heavy atom. The summed E-state index contributed by atoms with van der Waals surface area (Å²) in [6, 6.07) is 4.08. The van der Waals surface area contributed by atoms with E-state index in [4.69, 9.17) is 10.5 Å². The minimum absolute atomic E-state index is 0.103. The van der Waals surface area contributed by atoms with Crippen molar-refractivity contribution in [2.75, 3.05) is 18.5 Å². The van der Waals surface area contributed by atoms with Gasteiger partial charge in [-0.2, -0.15) is 0 Å². The Bertz CT molecular complexity index is 563. The molecular weight excluding hydrogens is 259 g/mol. The third-order valence-corrected chi connectivity index (χ3v) is 3.28. The highest BCUT2D eigenvalue weighted by Gasteiger charge is 2.30. The number of hydrogen-bond acceptors (Lipinski definition) is 3. The molecule has 1 fully saturated rings. The maximum Gasteiger partial charge on any atom is 0.230 e. The van der Waals surface area contributed by atoms with E-state index in [1.54, 1.807) is 0 Å². The highest BCUT2D eigenvalue weighted by atomic mass is 19.1. The largest absolute Gasteiger partial charge is 0.378 e. The third-order valence-electron chi connectivity index (χ3n) is 3.28. The molecule has 0 aromatic heterocycles. The first kappa shape index (κ1) is 14.5. The van der Waals surface area contributed by atoms with Crippen molar-refractivity contribution in [2.45, 2.75) is 19.4 Å². The van der Waals surface area contributed by atoms with Crippen LogP contribution in [-0.4, -0.2) is 25.2 Å². The van der Waals surface area contributed by atoms with Gasteiger partial charge >= 0.3 is 0 Å². The maximum absolute atomic E-state index is 13.2. The molecule has 1 amide bonds. The number of anilines is 1. The van der Waals surface area contributed by atoms with E-state index in [1.807, 2.05) is 6.92 Å². The van der Waals surface area contributed by atoms with Crippen LogP contribution in [0.25, 0.3) is 0 Å². The van der Waals surface area contributed by atoms with Gasteiger partial charge in [-0.1, -0.05) is 11.8 Å². The van der Waals surface area contributed by atoms with E-state index < -0.39 is 5.82 Å². The van der Waals surface area contributed by atoms with Crippen molar-refractivity contribution in [3.63, 3.8) is 0 Å². The number of hydrogen-bond donors (Lipinski definition) is 2. The van der Waals surface area contributed by atoms with Gasteiger partial charge in [-0.15, -0.1) is 0 Å². The molecule has 1 aliphatic heterocycles. The Morgan fingerprint density at radius 2 is 2.40 bits per heavy atom. The number of nitrogens with two attached hydrogens (primary N) is 1. The predicted molar refractivity (Wildman–Crippen MR) is 74.5 cm³/mol. The smallest absolute Gasteiger partial charge is 0.230 e. The van der Waals surface area contributed by atoms with E-state index >= 15 is 0 Å². The summed E-state index contributed by atoms with van der Waals surface area (Å²) in [7, 11) is 0.